The lowest BCUT2D eigenvalue weighted by Crippen LogP contribution is -2.13. The van der Waals surface area contributed by atoms with Gasteiger partial charge in [-0.3, -0.25) is 4.79 Å². The van der Waals surface area contributed by atoms with Gasteiger partial charge in [-0.05, 0) is 29.8 Å². The number of carbonyl (C=O) groups excluding carboxylic acids is 2. The van der Waals surface area contributed by atoms with Crippen molar-refractivity contribution < 1.29 is 14.3 Å². The van der Waals surface area contributed by atoms with Gasteiger partial charge >= 0.3 is 5.97 Å². The van der Waals surface area contributed by atoms with Crippen LogP contribution in [0.25, 0.3) is 6.08 Å². The van der Waals surface area contributed by atoms with Crippen molar-refractivity contribution in [2.24, 2.45) is 0 Å². The van der Waals surface area contributed by atoms with E-state index in [0.717, 1.165) is 5.56 Å². The maximum absolute atomic E-state index is 12.0. The van der Waals surface area contributed by atoms with Crippen molar-refractivity contribution in [2.75, 3.05) is 12.4 Å². The summed E-state index contributed by atoms with van der Waals surface area (Å²) in [5.41, 5.74) is 1.46. The summed E-state index contributed by atoms with van der Waals surface area (Å²) in [5.74, 6) is -0.916. The van der Waals surface area contributed by atoms with Crippen LogP contribution in [0.5, 0.6) is 0 Å². The van der Waals surface area contributed by atoms with Gasteiger partial charge in [-0.25, -0.2) is 4.79 Å². The average molecular weight is 316 g/mol. The van der Waals surface area contributed by atoms with Crippen LogP contribution in [-0.4, -0.2) is 19.0 Å². The zero-order chi connectivity index (χ0) is 15.9. The van der Waals surface area contributed by atoms with E-state index in [1.54, 1.807) is 18.2 Å². The number of esters is 1. The van der Waals surface area contributed by atoms with Gasteiger partial charge in [-0.2, -0.15) is 0 Å². The standard InChI is InChI=1S/C17H14ClNO3/c1-22-17(21)14-11-13(18)8-9-15(14)19-16(20)10-7-12-5-3-2-4-6-12/h2-11H,1H3,(H,19,20)/b10-7+. The summed E-state index contributed by atoms with van der Waals surface area (Å²) in [6.07, 6.45) is 3.08. The smallest absolute Gasteiger partial charge is 0.340 e. The molecule has 2 rings (SSSR count). The van der Waals surface area contributed by atoms with Gasteiger partial charge in [0.1, 0.15) is 0 Å². The summed E-state index contributed by atoms with van der Waals surface area (Å²) in [7, 11) is 1.27. The molecule has 1 N–H and O–H groups in total. The highest BCUT2D eigenvalue weighted by Crippen LogP contribution is 2.21. The van der Waals surface area contributed by atoms with E-state index in [1.165, 1.54) is 19.3 Å². The largest absolute Gasteiger partial charge is 0.465 e. The van der Waals surface area contributed by atoms with Crippen molar-refractivity contribution >= 4 is 35.2 Å². The fourth-order valence-electron chi connectivity index (χ4n) is 1.81. The summed E-state index contributed by atoms with van der Waals surface area (Å²) in [6.45, 7) is 0. The van der Waals surface area contributed by atoms with Crippen LogP contribution in [0.1, 0.15) is 15.9 Å². The molecule has 0 unspecified atom stereocenters. The number of methoxy groups -OCH3 is 1. The van der Waals surface area contributed by atoms with E-state index in [-0.39, 0.29) is 11.5 Å². The SMILES string of the molecule is COC(=O)c1cc(Cl)ccc1NC(=O)/C=C/c1ccccc1. The number of nitrogens with one attached hydrogen (secondary N) is 1. The zero-order valence-electron chi connectivity index (χ0n) is 11.9. The second kappa shape index (κ2) is 7.43. The number of hydrogen-bond donors (Lipinski definition) is 1. The minimum atomic E-state index is -0.565. The van der Waals surface area contributed by atoms with Crippen LogP contribution in [0.3, 0.4) is 0 Å². The van der Waals surface area contributed by atoms with Gasteiger partial charge in [-0.1, -0.05) is 41.9 Å². The minimum absolute atomic E-state index is 0.205. The molecule has 0 atom stereocenters. The third-order valence-electron chi connectivity index (χ3n) is 2.87. The molecule has 0 saturated heterocycles. The number of benzene rings is 2. The fourth-order valence-corrected chi connectivity index (χ4v) is 1.99. The normalized spacial score (nSPS) is 10.5. The maximum atomic E-state index is 12.0. The van der Waals surface area contributed by atoms with Crippen LogP contribution in [-0.2, 0) is 9.53 Å². The highest BCUT2D eigenvalue weighted by atomic mass is 35.5. The van der Waals surface area contributed by atoms with Gasteiger partial charge in [0.25, 0.3) is 0 Å². The van der Waals surface area contributed by atoms with Gasteiger partial charge in [0.2, 0.25) is 5.91 Å². The lowest BCUT2D eigenvalue weighted by Gasteiger charge is -2.08. The highest BCUT2D eigenvalue weighted by Gasteiger charge is 2.13. The topological polar surface area (TPSA) is 55.4 Å². The molecule has 2 aromatic rings. The molecule has 0 saturated carbocycles. The van der Waals surface area contributed by atoms with Crippen molar-refractivity contribution in [1.29, 1.82) is 0 Å². The van der Waals surface area contributed by atoms with E-state index >= 15 is 0 Å². The number of carbonyl (C=O) groups is 2. The molecule has 2 aromatic carbocycles. The van der Waals surface area contributed by atoms with Crippen molar-refractivity contribution in [3.05, 3.63) is 70.8 Å². The molecule has 112 valence electrons. The zero-order valence-corrected chi connectivity index (χ0v) is 12.6. The molecule has 0 aromatic heterocycles. The number of hydrogen-bond acceptors (Lipinski definition) is 3. The van der Waals surface area contributed by atoms with Gasteiger partial charge in [0.15, 0.2) is 0 Å². The lowest BCUT2D eigenvalue weighted by atomic mass is 10.1. The molecular formula is C17H14ClNO3. The Morgan fingerprint density at radius 2 is 1.86 bits per heavy atom. The molecule has 5 heteroatoms. The summed E-state index contributed by atoms with van der Waals surface area (Å²) in [5, 5.41) is 3.03. The Morgan fingerprint density at radius 1 is 1.14 bits per heavy atom. The highest BCUT2D eigenvalue weighted by molar-refractivity contribution is 6.31. The third kappa shape index (κ3) is 4.20. The van der Waals surface area contributed by atoms with Gasteiger partial charge in [-0.15, -0.1) is 0 Å². The van der Waals surface area contributed by atoms with Crippen LogP contribution < -0.4 is 5.32 Å². The second-order valence-corrected chi connectivity index (χ2v) is 4.85. The summed E-state index contributed by atoms with van der Waals surface area (Å²) < 4.78 is 4.68. The predicted octanol–water partition coefficient (Wildman–Crippen LogP) is 3.78. The first-order valence-electron chi connectivity index (χ1n) is 6.52. The van der Waals surface area contributed by atoms with E-state index in [4.69, 9.17) is 11.6 Å². The van der Waals surface area contributed by atoms with Crippen molar-refractivity contribution in [2.45, 2.75) is 0 Å². The predicted molar refractivity (Wildman–Crippen MR) is 86.9 cm³/mol. The van der Waals surface area contributed by atoms with E-state index in [9.17, 15) is 9.59 Å². The molecule has 0 fully saturated rings. The number of rotatable bonds is 4. The van der Waals surface area contributed by atoms with Gasteiger partial charge in [0, 0.05) is 11.1 Å². The number of halogens is 1. The van der Waals surface area contributed by atoms with E-state index in [0.29, 0.717) is 10.7 Å². The molecule has 0 aliphatic heterocycles. The Bertz CT molecular complexity index is 711. The van der Waals surface area contributed by atoms with Crippen LogP contribution >= 0.6 is 11.6 Å². The lowest BCUT2D eigenvalue weighted by molar-refractivity contribution is -0.111. The molecule has 0 bridgehead atoms. The molecule has 0 spiro atoms. The van der Waals surface area contributed by atoms with Crippen LogP contribution in [0, 0.1) is 0 Å². The van der Waals surface area contributed by atoms with Crippen molar-refractivity contribution in [3.8, 4) is 0 Å². The molecular weight excluding hydrogens is 302 g/mol. The van der Waals surface area contributed by atoms with Crippen molar-refractivity contribution in [1.82, 2.24) is 0 Å². The Kier molecular flexibility index (Phi) is 5.33. The number of amides is 1. The minimum Gasteiger partial charge on any atom is -0.465 e. The molecule has 1 amide bonds. The maximum Gasteiger partial charge on any atom is 0.340 e. The Labute approximate surface area is 133 Å². The fraction of sp³-hybridized carbons (Fsp3) is 0.0588. The number of anilines is 1. The third-order valence-corrected chi connectivity index (χ3v) is 3.11. The Balaban J connectivity index is 2.15. The van der Waals surface area contributed by atoms with Crippen LogP contribution in [0.15, 0.2) is 54.6 Å². The first-order valence-corrected chi connectivity index (χ1v) is 6.90. The molecule has 0 heterocycles. The van der Waals surface area contributed by atoms with E-state index in [2.05, 4.69) is 10.1 Å². The summed E-state index contributed by atoms with van der Waals surface area (Å²) in [4.78, 5) is 23.6. The first-order chi connectivity index (χ1) is 10.6. The monoisotopic (exact) mass is 315 g/mol. The molecule has 0 aliphatic rings. The van der Waals surface area contributed by atoms with Crippen LogP contribution in [0.2, 0.25) is 5.02 Å². The van der Waals surface area contributed by atoms with E-state index < -0.39 is 5.97 Å². The molecule has 4 nitrogen and oxygen atoms in total. The molecule has 22 heavy (non-hydrogen) atoms. The van der Waals surface area contributed by atoms with Crippen LogP contribution in [0.4, 0.5) is 5.69 Å². The van der Waals surface area contributed by atoms with Gasteiger partial charge in [0.05, 0.1) is 18.4 Å². The first kappa shape index (κ1) is 15.8. The van der Waals surface area contributed by atoms with E-state index in [1.807, 2.05) is 30.3 Å². The quantitative estimate of drug-likeness (QED) is 0.690. The van der Waals surface area contributed by atoms with Crippen molar-refractivity contribution in [3.63, 3.8) is 0 Å². The Morgan fingerprint density at radius 3 is 2.55 bits per heavy atom. The molecule has 0 aliphatic carbocycles. The second-order valence-electron chi connectivity index (χ2n) is 4.41. The Hall–Kier alpha value is -2.59. The number of ether oxygens (including phenoxy) is 1. The average Bonchev–Trinajstić information content (AvgIpc) is 2.55. The summed E-state index contributed by atoms with van der Waals surface area (Å²) in [6, 6.07) is 14.0. The summed E-state index contributed by atoms with van der Waals surface area (Å²) >= 11 is 5.86. The molecule has 0 radical (unpaired) electrons. The van der Waals surface area contributed by atoms with Gasteiger partial charge < -0.3 is 10.1 Å².